The lowest BCUT2D eigenvalue weighted by atomic mass is 9.75. The molecular weight excluding hydrogens is 302 g/mol. The van der Waals surface area contributed by atoms with Gasteiger partial charge in [-0.3, -0.25) is 14.7 Å². The van der Waals surface area contributed by atoms with Crippen molar-refractivity contribution in [1.29, 1.82) is 0 Å². The third-order valence-corrected chi connectivity index (χ3v) is 5.57. The number of carbonyl (C=O) groups is 1. The van der Waals surface area contributed by atoms with Crippen LogP contribution in [0.1, 0.15) is 36.6 Å². The van der Waals surface area contributed by atoms with Crippen LogP contribution >= 0.6 is 0 Å². The molecule has 6 nitrogen and oxygen atoms in total. The van der Waals surface area contributed by atoms with Crippen molar-refractivity contribution in [2.24, 2.45) is 7.05 Å². The van der Waals surface area contributed by atoms with Crippen molar-refractivity contribution in [2.45, 2.75) is 37.3 Å². The fraction of sp³-hybridized carbons (Fsp3) is 0.500. The van der Waals surface area contributed by atoms with Crippen molar-refractivity contribution in [3.8, 4) is 0 Å². The third-order valence-electron chi connectivity index (χ3n) is 5.57. The van der Waals surface area contributed by atoms with Gasteiger partial charge in [0.2, 0.25) is 5.91 Å². The minimum atomic E-state index is -0.113. The fourth-order valence-corrected chi connectivity index (χ4v) is 4.15. The van der Waals surface area contributed by atoms with Crippen LogP contribution in [0.25, 0.3) is 0 Å². The van der Waals surface area contributed by atoms with E-state index in [9.17, 15) is 4.79 Å². The number of nitrogens with one attached hydrogen (secondary N) is 1. The van der Waals surface area contributed by atoms with Crippen LogP contribution < -0.4 is 5.32 Å². The summed E-state index contributed by atoms with van der Waals surface area (Å²) in [6.45, 7) is 2.82. The van der Waals surface area contributed by atoms with Gasteiger partial charge in [-0.1, -0.05) is 6.07 Å². The SMILES string of the molecule is Cn1ccnc1CN1CCC2(CC1)NC(=O)CC2c1cccnc1. The third kappa shape index (κ3) is 2.71. The van der Waals surface area contributed by atoms with Crippen LogP contribution in [-0.2, 0) is 18.4 Å². The number of pyridine rings is 1. The Hall–Kier alpha value is -2.21. The average Bonchev–Trinajstić information content (AvgIpc) is 3.14. The first-order valence-electron chi connectivity index (χ1n) is 8.56. The van der Waals surface area contributed by atoms with E-state index < -0.39 is 0 Å². The van der Waals surface area contributed by atoms with Gasteiger partial charge in [-0.05, 0) is 24.5 Å². The Morgan fingerprint density at radius 1 is 1.33 bits per heavy atom. The van der Waals surface area contributed by atoms with Gasteiger partial charge in [-0.2, -0.15) is 0 Å². The normalized spacial score (nSPS) is 23.5. The molecule has 0 radical (unpaired) electrons. The zero-order valence-electron chi connectivity index (χ0n) is 14.0. The van der Waals surface area contributed by atoms with Crippen LogP contribution in [0.4, 0.5) is 0 Å². The lowest BCUT2D eigenvalue weighted by Gasteiger charge is -2.42. The number of aromatic nitrogens is 3. The molecule has 4 heterocycles. The number of piperidine rings is 1. The lowest BCUT2D eigenvalue weighted by molar-refractivity contribution is -0.120. The smallest absolute Gasteiger partial charge is 0.221 e. The molecule has 1 unspecified atom stereocenters. The number of aryl methyl sites for hydroxylation is 1. The lowest BCUT2D eigenvalue weighted by Crippen LogP contribution is -2.53. The Morgan fingerprint density at radius 3 is 2.83 bits per heavy atom. The topological polar surface area (TPSA) is 63.1 Å². The highest BCUT2D eigenvalue weighted by Crippen LogP contribution is 2.42. The first-order chi connectivity index (χ1) is 11.7. The molecule has 1 atom stereocenters. The number of hydrogen-bond donors (Lipinski definition) is 1. The summed E-state index contributed by atoms with van der Waals surface area (Å²) in [5.74, 6) is 1.49. The molecule has 2 saturated heterocycles. The quantitative estimate of drug-likeness (QED) is 0.928. The molecule has 4 rings (SSSR count). The number of nitrogens with zero attached hydrogens (tertiary/aromatic N) is 4. The minimum absolute atomic E-state index is 0.113. The molecule has 0 aromatic carbocycles. The van der Waals surface area contributed by atoms with Gasteiger partial charge in [-0.25, -0.2) is 4.98 Å². The van der Waals surface area contributed by atoms with Gasteiger partial charge in [0, 0.05) is 62.8 Å². The summed E-state index contributed by atoms with van der Waals surface area (Å²) in [5, 5.41) is 3.29. The van der Waals surface area contributed by atoms with Gasteiger partial charge in [0.15, 0.2) is 0 Å². The molecule has 1 spiro atoms. The van der Waals surface area contributed by atoms with Crippen molar-refractivity contribution in [3.63, 3.8) is 0 Å². The Bertz CT molecular complexity index is 718. The number of rotatable bonds is 3. The van der Waals surface area contributed by atoms with E-state index in [1.807, 2.05) is 31.7 Å². The van der Waals surface area contributed by atoms with E-state index >= 15 is 0 Å². The summed E-state index contributed by atoms with van der Waals surface area (Å²) in [6.07, 6.45) is 10.0. The standard InChI is InChI=1S/C18H23N5O/c1-22-10-7-20-16(22)13-23-8-4-18(5-9-23)15(11-17(24)21-18)14-3-2-6-19-12-14/h2-3,6-7,10,12,15H,4-5,8-9,11,13H2,1H3,(H,21,24). The summed E-state index contributed by atoms with van der Waals surface area (Å²) < 4.78 is 2.07. The summed E-state index contributed by atoms with van der Waals surface area (Å²) in [7, 11) is 2.03. The van der Waals surface area contributed by atoms with Crippen LogP contribution in [0.5, 0.6) is 0 Å². The van der Waals surface area contributed by atoms with Crippen molar-refractivity contribution in [3.05, 3.63) is 48.3 Å². The molecule has 126 valence electrons. The van der Waals surface area contributed by atoms with Crippen molar-refractivity contribution < 1.29 is 4.79 Å². The van der Waals surface area contributed by atoms with Crippen molar-refractivity contribution in [1.82, 2.24) is 24.8 Å². The molecule has 1 amide bonds. The largest absolute Gasteiger partial charge is 0.350 e. The van der Waals surface area contributed by atoms with E-state index in [2.05, 4.69) is 30.8 Å². The van der Waals surface area contributed by atoms with E-state index in [1.54, 1.807) is 6.20 Å². The molecule has 2 fully saturated rings. The Balaban J connectivity index is 1.48. The summed E-state index contributed by atoms with van der Waals surface area (Å²) in [5.41, 5.74) is 1.06. The second-order valence-corrected chi connectivity index (χ2v) is 6.98. The number of amides is 1. The summed E-state index contributed by atoms with van der Waals surface area (Å²) in [4.78, 5) is 23.2. The molecule has 24 heavy (non-hydrogen) atoms. The van der Waals surface area contributed by atoms with E-state index in [-0.39, 0.29) is 17.4 Å². The van der Waals surface area contributed by atoms with Gasteiger partial charge < -0.3 is 9.88 Å². The summed E-state index contributed by atoms with van der Waals surface area (Å²) >= 11 is 0. The number of hydrogen-bond acceptors (Lipinski definition) is 4. The molecule has 0 bridgehead atoms. The van der Waals surface area contributed by atoms with Crippen LogP contribution in [0.15, 0.2) is 36.9 Å². The molecule has 2 aromatic heterocycles. The highest BCUT2D eigenvalue weighted by atomic mass is 16.2. The van der Waals surface area contributed by atoms with Crippen molar-refractivity contribution >= 4 is 5.91 Å². The summed E-state index contributed by atoms with van der Waals surface area (Å²) in [6, 6.07) is 4.06. The maximum atomic E-state index is 12.1. The maximum Gasteiger partial charge on any atom is 0.221 e. The highest BCUT2D eigenvalue weighted by molar-refractivity contribution is 5.81. The van der Waals surface area contributed by atoms with Crippen LogP contribution in [0.3, 0.4) is 0 Å². The number of imidazole rings is 1. The van der Waals surface area contributed by atoms with Crippen molar-refractivity contribution in [2.75, 3.05) is 13.1 Å². The second kappa shape index (κ2) is 6.02. The van der Waals surface area contributed by atoms with Gasteiger partial charge in [0.25, 0.3) is 0 Å². The van der Waals surface area contributed by atoms with E-state index in [0.717, 1.165) is 38.3 Å². The predicted octanol–water partition coefficient (Wildman–Crippen LogP) is 1.45. The molecular formula is C18H23N5O. The first kappa shape index (κ1) is 15.3. The van der Waals surface area contributed by atoms with Crippen LogP contribution in [0, 0.1) is 0 Å². The minimum Gasteiger partial charge on any atom is -0.350 e. The predicted molar refractivity (Wildman–Crippen MR) is 90.2 cm³/mol. The molecule has 6 heteroatoms. The zero-order chi connectivity index (χ0) is 16.6. The molecule has 0 saturated carbocycles. The first-order valence-corrected chi connectivity index (χ1v) is 8.56. The van der Waals surface area contributed by atoms with Gasteiger partial charge >= 0.3 is 0 Å². The Kier molecular flexibility index (Phi) is 3.84. The Labute approximate surface area is 141 Å². The molecule has 2 aliphatic heterocycles. The Morgan fingerprint density at radius 2 is 2.17 bits per heavy atom. The number of likely N-dealkylation sites (tertiary alicyclic amines) is 1. The molecule has 1 N–H and O–H groups in total. The van der Waals surface area contributed by atoms with Gasteiger partial charge in [0.1, 0.15) is 5.82 Å². The zero-order valence-corrected chi connectivity index (χ0v) is 14.0. The molecule has 2 aliphatic rings. The van der Waals surface area contributed by atoms with E-state index in [0.29, 0.717) is 6.42 Å². The van der Waals surface area contributed by atoms with Crippen LogP contribution in [-0.4, -0.2) is 44.0 Å². The monoisotopic (exact) mass is 325 g/mol. The van der Waals surface area contributed by atoms with Gasteiger partial charge in [-0.15, -0.1) is 0 Å². The number of carbonyl (C=O) groups excluding carboxylic acids is 1. The highest BCUT2D eigenvalue weighted by Gasteiger charge is 2.48. The average molecular weight is 325 g/mol. The van der Waals surface area contributed by atoms with E-state index in [1.165, 1.54) is 5.56 Å². The molecule has 2 aromatic rings. The second-order valence-electron chi connectivity index (χ2n) is 6.98. The fourth-order valence-electron chi connectivity index (χ4n) is 4.15. The van der Waals surface area contributed by atoms with Gasteiger partial charge in [0.05, 0.1) is 6.54 Å². The molecule has 0 aliphatic carbocycles. The maximum absolute atomic E-state index is 12.1. The van der Waals surface area contributed by atoms with Crippen LogP contribution in [0.2, 0.25) is 0 Å². The van der Waals surface area contributed by atoms with E-state index in [4.69, 9.17) is 0 Å².